The highest BCUT2D eigenvalue weighted by molar-refractivity contribution is 7.92. The Balaban J connectivity index is 1.86. The fraction of sp³-hybridized carbons (Fsp3) is 0.158. The van der Waals surface area contributed by atoms with E-state index < -0.39 is 10.0 Å². The molecule has 3 N–H and O–H groups in total. The molecule has 3 rings (SSSR count). The number of nitriles is 1. The summed E-state index contributed by atoms with van der Waals surface area (Å²) < 4.78 is 32.8. The molecule has 0 unspecified atom stereocenters. The zero-order valence-electron chi connectivity index (χ0n) is 15.6. The van der Waals surface area contributed by atoms with Gasteiger partial charge in [-0.3, -0.25) is 9.82 Å². The van der Waals surface area contributed by atoms with Gasteiger partial charge in [0.2, 0.25) is 0 Å². The van der Waals surface area contributed by atoms with Crippen molar-refractivity contribution in [3.8, 4) is 11.8 Å². The first-order chi connectivity index (χ1) is 13.3. The first kappa shape index (κ1) is 19.3. The van der Waals surface area contributed by atoms with Crippen LogP contribution >= 0.6 is 0 Å². The zero-order valence-corrected chi connectivity index (χ0v) is 16.4. The first-order valence-corrected chi connectivity index (χ1v) is 9.82. The van der Waals surface area contributed by atoms with Crippen LogP contribution in [-0.4, -0.2) is 25.7 Å². The van der Waals surface area contributed by atoms with Crippen molar-refractivity contribution in [3.63, 3.8) is 0 Å². The molecule has 0 aliphatic rings. The molecule has 0 saturated heterocycles. The number of nitrogens with zero attached hydrogens (tertiary/aromatic N) is 2. The third-order valence-electron chi connectivity index (χ3n) is 4.26. The van der Waals surface area contributed by atoms with Gasteiger partial charge in [0, 0.05) is 5.69 Å². The molecule has 2 aromatic carbocycles. The normalized spacial score (nSPS) is 10.9. The van der Waals surface area contributed by atoms with Crippen LogP contribution < -0.4 is 14.8 Å². The summed E-state index contributed by atoms with van der Waals surface area (Å²) in [6.07, 6.45) is 0. The molecule has 28 heavy (non-hydrogen) atoms. The van der Waals surface area contributed by atoms with Gasteiger partial charge in [0.1, 0.15) is 23.2 Å². The van der Waals surface area contributed by atoms with E-state index in [1.165, 1.54) is 6.07 Å². The SMILES string of the molecule is COc1ccc(Nc2[nH]nc(NS(=O)(=O)c3ccc(C)c(C)c3)c2C#N)cc1. The summed E-state index contributed by atoms with van der Waals surface area (Å²) in [5, 5.41) is 19.1. The van der Waals surface area contributed by atoms with Gasteiger partial charge in [0.25, 0.3) is 10.0 Å². The average molecular weight is 397 g/mol. The van der Waals surface area contributed by atoms with E-state index in [1.807, 2.05) is 19.9 Å². The molecule has 144 valence electrons. The maximum atomic E-state index is 12.7. The fourth-order valence-electron chi connectivity index (χ4n) is 2.50. The molecule has 0 spiro atoms. The molecule has 0 aliphatic heterocycles. The third kappa shape index (κ3) is 3.92. The number of sulfonamides is 1. The predicted octanol–water partition coefficient (Wildman–Crippen LogP) is 3.45. The molecular formula is C19H19N5O3S. The molecule has 0 atom stereocenters. The zero-order chi connectivity index (χ0) is 20.3. The van der Waals surface area contributed by atoms with Crippen molar-refractivity contribution >= 4 is 27.3 Å². The number of ether oxygens (including phenoxy) is 1. The highest BCUT2D eigenvalue weighted by Crippen LogP contribution is 2.27. The molecule has 0 radical (unpaired) electrons. The van der Waals surface area contributed by atoms with Gasteiger partial charge in [0.05, 0.1) is 12.0 Å². The maximum Gasteiger partial charge on any atom is 0.263 e. The van der Waals surface area contributed by atoms with Crippen LogP contribution in [0.3, 0.4) is 0 Å². The van der Waals surface area contributed by atoms with Crippen LogP contribution in [0.2, 0.25) is 0 Å². The van der Waals surface area contributed by atoms with Gasteiger partial charge in [0.15, 0.2) is 5.82 Å². The fourth-order valence-corrected chi connectivity index (χ4v) is 3.60. The van der Waals surface area contributed by atoms with Crippen LogP contribution in [0.1, 0.15) is 16.7 Å². The second-order valence-electron chi connectivity index (χ2n) is 6.14. The molecule has 9 heteroatoms. The molecule has 0 fully saturated rings. The number of anilines is 3. The standard InChI is InChI=1S/C19H19N5O3S/c1-12-4-9-16(10-13(12)2)28(25,26)24-19-17(11-20)18(22-23-19)21-14-5-7-15(27-3)8-6-14/h4-10H,1-3H3,(H3,21,22,23,24). The van der Waals surface area contributed by atoms with Crippen LogP contribution in [0.15, 0.2) is 47.4 Å². The number of aryl methyl sites for hydroxylation is 2. The second kappa shape index (κ2) is 7.62. The second-order valence-corrected chi connectivity index (χ2v) is 7.82. The number of aromatic amines is 1. The third-order valence-corrected chi connectivity index (χ3v) is 5.59. The van der Waals surface area contributed by atoms with Crippen LogP contribution in [0.4, 0.5) is 17.3 Å². The summed E-state index contributed by atoms with van der Waals surface area (Å²) in [6, 6.07) is 13.8. The van der Waals surface area contributed by atoms with E-state index in [-0.39, 0.29) is 22.1 Å². The number of benzene rings is 2. The number of methoxy groups -OCH3 is 1. The van der Waals surface area contributed by atoms with Gasteiger partial charge in [-0.25, -0.2) is 8.42 Å². The Morgan fingerprint density at radius 3 is 2.43 bits per heavy atom. The van der Waals surface area contributed by atoms with Crippen molar-refractivity contribution in [2.45, 2.75) is 18.7 Å². The molecule has 1 aromatic heterocycles. The minimum atomic E-state index is -3.88. The first-order valence-electron chi connectivity index (χ1n) is 8.33. The van der Waals surface area contributed by atoms with E-state index >= 15 is 0 Å². The summed E-state index contributed by atoms with van der Waals surface area (Å²) in [6.45, 7) is 3.73. The minimum absolute atomic E-state index is 0.0585. The van der Waals surface area contributed by atoms with Crippen molar-refractivity contribution in [2.75, 3.05) is 17.1 Å². The Hall–Kier alpha value is -3.51. The molecule has 0 saturated carbocycles. The highest BCUT2D eigenvalue weighted by Gasteiger charge is 2.21. The van der Waals surface area contributed by atoms with Gasteiger partial charge in [-0.05, 0) is 61.4 Å². The predicted molar refractivity (Wildman–Crippen MR) is 106 cm³/mol. The van der Waals surface area contributed by atoms with E-state index in [0.29, 0.717) is 11.4 Å². The summed E-state index contributed by atoms with van der Waals surface area (Å²) in [7, 11) is -2.31. The lowest BCUT2D eigenvalue weighted by molar-refractivity contribution is 0.415. The van der Waals surface area contributed by atoms with Crippen molar-refractivity contribution in [3.05, 3.63) is 59.2 Å². The van der Waals surface area contributed by atoms with Crippen molar-refractivity contribution in [1.82, 2.24) is 10.2 Å². The Kier molecular flexibility index (Phi) is 5.24. The van der Waals surface area contributed by atoms with Crippen molar-refractivity contribution in [1.29, 1.82) is 5.26 Å². The number of nitrogens with one attached hydrogen (secondary N) is 3. The lowest BCUT2D eigenvalue weighted by Gasteiger charge is -2.08. The molecular weight excluding hydrogens is 378 g/mol. The van der Waals surface area contributed by atoms with E-state index in [4.69, 9.17) is 4.74 Å². The molecule has 0 aliphatic carbocycles. The Labute approximate surface area is 163 Å². The van der Waals surface area contributed by atoms with E-state index in [2.05, 4.69) is 20.2 Å². The van der Waals surface area contributed by atoms with E-state index in [9.17, 15) is 13.7 Å². The Morgan fingerprint density at radius 1 is 1.11 bits per heavy atom. The van der Waals surface area contributed by atoms with Crippen LogP contribution in [0.25, 0.3) is 0 Å². The summed E-state index contributed by atoms with van der Waals surface area (Å²) in [4.78, 5) is 0.104. The Morgan fingerprint density at radius 2 is 1.82 bits per heavy atom. The largest absolute Gasteiger partial charge is 0.497 e. The number of rotatable bonds is 6. The summed E-state index contributed by atoms with van der Waals surface area (Å²) in [5.74, 6) is 0.903. The number of aromatic nitrogens is 2. The van der Waals surface area contributed by atoms with Crippen molar-refractivity contribution < 1.29 is 13.2 Å². The van der Waals surface area contributed by atoms with Gasteiger partial charge in [-0.1, -0.05) is 6.07 Å². The van der Waals surface area contributed by atoms with Gasteiger partial charge >= 0.3 is 0 Å². The average Bonchev–Trinajstić information content (AvgIpc) is 3.04. The highest BCUT2D eigenvalue weighted by atomic mass is 32.2. The Bertz CT molecular complexity index is 1150. The van der Waals surface area contributed by atoms with Crippen LogP contribution in [0, 0.1) is 25.2 Å². The van der Waals surface area contributed by atoms with Gasteiger partial charge < -0.3 is 10.1 Å². The van der Waals surface area contributed by atoms with Gasteiger partial charge in [-0.2, -0.15) is 10.4 Å². The quantitative estimate of drug-likeness (QED) is 0.586. The molecule has 8 nitrogen and oxygen atoms in total. The number of hydrogen-bond acceptors (Lipinski definition) is 6. The lowest BCUT2D eigenvalue weighted by Crippen LogP contribution is -2.14. The van der Waals surface area contributed by atoms with Gasteiger partial charge in [-0.15, -0.1) is 0 Å². The molecule has 0 amide bonds. The minimum Gasteiger partial charge on any atom is -0.497 e. The monoisotopic (exact) mass is 397 g/mol. The lowest BCUT2D eigenvalue weighted by atomic mass is 10.1. The molecule has 1 heterocycles. The van der Waals surface area contributed by atoms with E-state index in [1.54, 1.807) is 43.5 Å². The maximum absolute atomic E-state index is 12.7. The summed E-state index contributed by atoms with van der Waals surface area (Å²) >= 11 is 0. The van der Waals surface area contributed by atoms with E-state index in [0.717, 1.165) is 11.1 Å². The molecule has 0 bridgehead atoms. The molecule has 3 aromatic rings. The smallest absolute Gasteiger partial charge is 0.263 e. The number of H-pyrrole nitrogens is 1. The van der Waals surface area contributed by atoms with Crippen LogP contribution in [-0.2, 0) is 10.0 Å². The summed E-state index contributed by atoms with van der Waals surface area (Å²) in [5.41, 5.74) is 2.59. The van der Waals surface area contributed by atoms with Crippen LogP contribution in [0.5, 0.6) is 5.75 Å². The number of hydrogen-bond donors (Lipinski definition) is 3. The van der Waals surface area contributed by atoms with Crippen molar-refractivity contribution in [2.24, 2.45) is 0 Å². The topological polar surface area (TPSA) is 120 Å².